The summed E-state index contributed by atoms with van der Waals surface area (Å²) in [6.45, 7) is 0. The fourth-order valence-electron chi connectivity index (χ4n) is 2.98. The third-order valence-electron chi connectivity index (χ3n) is 4.05. The Morgan fingerprint density at radius 1 is 1.05 bits per heavy atom. The van der Waals surface area contributed by atoms with Crippen molar-refractivity contribution in [3.8, 4) is 0 Å². The van der Waals surface area contributed by atoms with Crippen molar-refractivity contribution in [2.24, 2.45) is 0 Å². The number of amides is 1. The zero-order valence-corrected chi connectivity index (χ0v) is 12.1. The summed E-state index contributed by atoms with van der Waals surface area (Å²) in [5, 5.41) is 0. The zero-order valence-electron chi connectivity index (χ0n) is 11.3. The van der Waals surface area contributed by atoms with E-state index >= 15 is 0 Å². The SMILES string of the molecule is O=C(CSc1ccccc1)N(C1CCCC1)C1CC1. The topological polar surface area (TPSA) is 20.3 Å². The molecule has 2 aliphatic carbocycles. The van der Waals surface area contributed by atoms with Crippen molar-refractivity contribution >= 4 is 17.7 Å². The maximum Gasteiger partial charge on any atom is 0.233 e. The predicted octanol–water partition coefficient (Wildman–Crippen LogP) is 3.71. The lowest BCUT2D eigenvalue weighted by atomic mass is 10.2. The minimum absolute atomic E-state index is 0.350. The molecule has 3 rings (SSSR count). The average Bonchev–Trinajstić information content (AvgIpc) is 3.12. The molecule has 102 valence electrons. The Bertz CT molecular complexity index is 424. The van der Waals surface area contributed by atoms with Crippen molar-refractivity contribution in [3.63, 3.8) is 0 Å². The van der Waals surface area contributed by atoms with Crippen molar-refractivity contribution < 1.29 is 4.79 Å². The molecule has 1 amide bonds. The number of benzene rings is 1. The molecule has 0 bridgehead atoms. The van der Waals surface area contributed by atoms with Crippen LogP contribution in [-0.4, -0.2) is 28.6 Å². The van der Waals surface area contributed by atoms with Crippen molar-refractivity contribution in [1.82, 2.24) is 4.90 Å². The molecule has 0 saturated heterocycles. The molecule has 0 N–H and O–H groups in total. The number of nitrogens with zero attached hydrogens (tertiary/aromatic N) is 1. The highest BCUT2D eigenvalue weighted by Gasteiger charge is 2.37. The summed E-state index contributed by atoms with van der Waals surface area (Å²) in [6.07, 6.45) is 7.48. The van der Waals surface area contributed by atoms with Crippen LogP contribution in [0.5, 0.6) is 0 Å². The summed E-state index contributed by atoms with van der Waals surface area (Å²) in [5.41, 5.74) is 0. The molecule has 0 radical (unpaired) electrons. The molecular weight excluding hydrogens is 254 g/mol. The van der Waals surface area contributed by atoms with Crippen molar-refractivity contribution in [3.05, 3.63) is 30.3 Å². The normalized spacial score (nSPS) is 19.6. The monoisotopic (exact) mass is 275 g/mol. The lowest BCUT2D eigenvalue weighted by Gasteiger charge is -2.29. The third kappa shape index (κ3) is 3.33. The molecule has 2 fully saturated rings. The zero-order chi connectivity index (χ0) is 13.1. The standard InChI is InChI=1S/C16H21NOS/c18-16(12-19-15-8-2-1-3-9-15)17(14-10-11-14)13-6-4-5-7-13/h1-3,8-9,13-14H,4-7,10-12H2. The molecule has 3 heteroatoms. The lowest BCUT2D eigenvalue weighted by Crippen LogP contribution is -2.41. The van der Waals surface area contributed by atoms with E-state index in [4.69, 9.17) is 0 Å². The Labute approximate surface area is 119 Å². The van der Waals surface area contributed by atoms with E-state index in [-0.39, 0.29) is 0 Å². The molecule has 1 aromatic rings. The fraction of sp³-hybridized carbons (Fsp3) is 0.562. The Balaban J connectivity index is 1.58. The number of hydrogen-bond acceptors (Lipinski definition) is 2. The highest BCUT2D eigenvalue weighted by atomic mass is 32.2. The molecule has 0 aromatic heterocycles. The van der Waals surface area contributed by atoms with E-state index in [2.05, 4.69) is 17.0 Å². The predicted molar refractivity (Wildman–Crippen MR) is 79.3 cm³/mol. The van der Waals surface area contributed by atoms with Gasteiger partial charge < -0.3 is 4.90 Å². The van der Waals surface area contributed by atoms with Gasteiger partial charge in [0.05, 0.1) is 5.75 Å². The first-order valence-electron chi connectivity index (χ1n) is 7.33. The quantitative estimate of drug-likeness (QED) is 0.763. The van der Waals surface area contributed by atoms with Gasteiger partial charge in [-0.1, -0.05) is 31.0 Å². The van der Waals surface area contributed by atoms with Gasteiger partial charge in [-0.3, -0.25) is 4.79 Å². The van der Waals surface area contributed by atoms with E-state index in [1.165, 1.54) is 43.4 Å². The van der Waals surface area contributed by atoms with Crippen LogP contribution < -0.4 is 0 Å². The maximum absolute atomic E-state index is 12.5. The van der Waals surface area contributed by atoms with Crippen molar-refractivity contribution in [2.45, 2.75) is 55.5 Å². The van der Waals surface area contributed by atoms with Crippen molar-refractivity contribution in [1.29, 1.82) is 0 Å². The van der Waals surface area contributed by atoms with Gasteiger partial charge in [0.15, 0.2) is 0 Å². The van der Waals surface area contributed by atoms with Gasteiger partial charge in [-0.05, 0) is 37.8 Å². The molecule has 1 aromatic carbocycles. The summed E-state index contributed by atoms with van der Waals surface area (Å²) in [7, 11) is 0. The summed E-state index contributed by atoms with van der Waals surface area (Å²) >= 11 is 1.67. The molecule has 0 atom stereocenters. The van der Waals surface area contributed by atoms with E-state index in [0.29, 0.717) is 23.7 Å². The average molecular weight is 275 g/mol. The maximum atomic E-state index is 12.5. The Hall–Kier alpha value is -0.960. The van der Waals surface area contributed by atoms with Gasteiger partial charge in [-0.15, -0.1) is 11.8 Å². The second kappa shape index (κ2) is 6.00. The summed E-state index contributed by atoms with van der Waals surface area (Å²) in [5.74, 6) is 0.944. The van der Waals surface area contributed by atoms with E-state index in [0.717, 1.165) is 0 Å². The smallest absolute Gasteiger partial charge is 0.233 e. The van der Waals surface area contributed by atoms with Gasteiger partial charge in [-0.2, -0.15) is 0 Å². The third-order valence-corrected chi connectivity index (χ3v) is 5.05. The second-order valence-electron chi connectivity index (χ2n) is 5.57. The first-order valence-corrected chi connectivity index (χ1v) is 8.32. The summed E-state index contributed by atoms with van der Waals surface area (Å²) in [4.78, 5) is 15.9. The van der Waals surface area contributed by atoms with Gasteiger partial charge in [0.1, 0.15) is 0 Å². The minimum Gasteiger partial charge on any atom is -0.336 e. The van der Waals surface area contributed by atoms with Crippen LogP contribution in [0.3, 0.4) is 0 Å². The van der Waals surface area contributed by atoms with E-state index in [1.807, 2.05) is 18.2 Å². The fourth-order valence-corrected chi connectivity index (χ4v) is 3.77. The van der Waals surface area contributed by atoms with E-state index < -0.39 is 0 Å². The van der Waals surface area contributed by atoms with Gasteiger partial charge in [0.2, 0.25) is 5.91 Å². The Morgan fingerprint density at radius 3 is 2.32 bits per heavy atom. The van der Waals surface area contributed by atoms with Gasteiger partial charge >= 0.3 is 0 Å². The van der Waals surface area contributed by atoms with Crippen LogP contribution in [0.2, 0.25) is 0 Å². The summed E-state index contributed by atoms with van der Waals surface area (Å²) in [6, 6.07) is 11.3. The molecule has 0 unspecified atom stereocenters. The van der Waals surface area contributed by atoms with E-state index in [9.17, 15) is 4.79 Å². The molecule has 2 nitrogen and oxygen atoms in total. The number of hydrogen-bond donors (Lipinski definition) is 0. The number of thioether (sulfide) groups is 1. The highest BCUT2D eigenvalue weighted by molar-refractivity contribution is 8.00. The molecular formula is C16H21NOS. The van der Waals surface area contributed by atoms with E-state index in [1.54, 1.807) is 11.8 Å². The van der Waals surface area contributed by atoms with Gasteiger partial charge in [0, 0.05) is 17.0 Å². The number of carbonyl (C=O) groups excluding carboxylic acids is 1. The van der Waals surface area contributed by atoms with Crippen LogP contribution in [0.1, 0.15) is 38.5 Å². The van der Waals surface area contributed by atoms with Crippen LogP contribution >= 0.6 is 11.8 Å². The van der Waals surface area contributed by atoms with Crippen LogP contribution in [0, 0.1) is 0 Å². The molecule has 0 aliphatic heterocycles. The molecule has 0 spiro atoms. The summed E-state index contributed by atoms with van der Waals surface area (Å²) < 4.78 is 0. The first-order chi connectivity index (χ1) is 9.34. The largest absolute Gasteiger partial charge is 0.336 e. The minimum atomic E-state index is 0.350. The van der Waals surface area contributed by atoms with Gasteiger partial charge in [0.25, 0.3) is 0 Å². The number of carbonyl (C=O) groups is 1. The first kappa shape index (κ1) is 13.0. The van der Waals surface area contributed by atoms with Crippen LogP contribution in [0.4, 0.5) is 0 Å². The molecule has 2 aliphatic rings. The van der Waals surface area contributed by atoms with Crippen LogP contribution in [0.15, 0.2) is 35.2 Å². The number of rotatable bonds is 5. The van der Waals surface area contributed by atoms with Gasteiger partial charge in [-0.25, -0.2) is 0 Å². The van der Waals surface area contributed by atoms with Crippen molar-refractivity contribution in [2.75, 3.05) is 5.75 Å². The molecule has 19 heavy (non-hydrogen) atoms. The highest BCUT2D eigenvalue weighted by Crippen LogP contribution is 2.35. The van der Waals surface area contributed by atoms with Crippen LogP contribution in [-0.2, 0) is 4.79 Å². The van der Waals surface area contributed by atoms with Crippen LogP contribution in [0.25, 0.3) is 0 Å². The molecule has 2 saturated carbocycles. The lowest BCUT2D eigenvalue weighted by molar-refractivity contribution is -0.131. The second-order valence-corrected chi connectivity index (χ2v) is 6.62. The molecule has 0 heterocycles. The Morgan fingerprint density at radius 2 is 1.68 bits per heavy atom. The Kier molecular flexibility index (Phi) is 4.12.